The quantitative estimate of drug-likeness (QED) is 0.156. The van der Waals surface area contributed by atoms with Gasteiger partial charge >= 0.3 is 0 Å². The summed E-state index contributed by atoms with van der Waals surface area (Å²) in [6.45, 7) is 0.345. The summed E-state index contributed by atoms with van der Waals surface area (Å²) in [5.74, 6) is 1.24. The second kappa shape index (κ2) is 10.3. The number of nitrogens with zero attached hydrogens (tertiary/aromatic N) is 2. The molecule has 10 heteroatoms. The lowest BCUT2D eigenvalue weighted by molar-refractivity contribution is 0.314. The van der Waals surface area contributed by atoms with Crippen molar-refractivity contribution in [1.82, 2.24) is 9.97 Å². The molecular weight excluding hydrogens is 860 g/mol. The number of alkyl halides is 4. The van der Waals surface area contributed by atoms with Crippen LogP contribution in [-0.2, 0) is 0 Å². The van der Waals surface area contributed by atoms with Gasteiger partial charge in [-0.25, -0.2) is 4.98 Å². The minimum atomic E-state index is -0.496. The molecule has 2 aromatic carbocycles. The van der Waals surface area contributed by atoms with Crippen LogP contribution in [-0.4, -0.2) is 23.5 Å². The number of imidazole rings is 1. The maximum Gasteiger partial charge on any atom is 0.149 e. The fourth-order valence-corrected chi connectivity index (χ4v) is 5.00. The number of aromatic amines is 1. The third kappa shape index (κ3) is 5.97. The number of hydrogen-bond acceptors (Lipinski definition) is 3. The van der Waals surface area contributed by atoms with Crippen molar-refractivity contribution in [2.45, 2.75) is 6.97 Å². The molecule has 3 aromatic rings. The van der Waals surface area contributed by atoms with Crippen molar-refractivity contribution in [2.24, 2.45) is 0 Å². The predicted molar refractivity (Wildman–Crippen MR) is 149 cm³/mol. The summed E-state index contributed by atoms with van der Waals surface area (Å²) in [5.41, 5.74) is 2.96. The molecule has 0 fully saturated rings. The number of nitrogens with one attached hydrogen (secondary N) is 1. The van der Waals surface area contributed by atoms with E-state index in [0.29, 0.717) is 23.8 Å². The lowest BCUT2D eigenvalue weighted by Crippen LogP contribution is -2.28. The topological polar surface area (TPSA) is 61.7 Å². The standard InChI is InChI=1S/C19H11Br4I2N3O/c20-18(21)19(22,23)9-29-16-10(6-12(24)7-13(16)25)5-11(8-26)17-27-14-3-1-2-4-15(14)28-17/h1-7,18H,9H2,(H,27,28)/b11-5-. The number of ether oxygens (including phenoxy) is 1. The molecule has 0 aliphatic rings. The molecule has 0 unspecified atom stereocenters. The number of rotatable bonds is 6. The molecule has 0 spiro atoms. The third-order valence-corrected chi connectivity index (χ3v) is 10.6. The van der Waals surface area contributed by atoms with Gasteiger partial charge in [-0.1, -0.05) is 75.9 Å². The maximum absolute atomic E-state index is 9.78. The van der Waals surface area contributed by atoms with Crippen LogP contribution in [0.15, 0.2) is 36.4 Å². The normalized spacial score (nSPS) is 12.4. The van der Waals surface area contributed by atoms with Gasteiger partial charge in [0.15, 0.2) is 0 Å². The van der Waals surface area contributed by atoms with E-state index in [2.05, 4.69) is 125 Å². The molecule has 29 heavy (non-hydrogen) atoms. The number of allylic oxidation sites excluding steroid dienone is 1. The lowest BCUT2D eigenvalue weighted by atomic mass is 10.1. The molecule has 0 aliphatic heterocycles. The minimum absolute atomic E-state index is 0.0479. The molecule has 1 heterocycles. The van der Waals surface area contributed by atoms with Crippen LogP contribution in [0.1, 0.15) is 11.4 Å². The second-order valence-corrected chi connectivity index (χ2v) is 15.3. The molecule has 150 valence electrons. The molecule has 3 rings (SSSR count). The molecular formula is C19H11Br4I2N3O. The van der Waals surface area contributed by atoms with Crippen molar-refractivity contribution < 1.29 is 4.74 Å². The highest BCUT2D eigenvalue weighted by molar-refractivity contribution is 14.1. The Kier molecular flexibility index (Phi) is 8.51. The van der Waals surface area contributed by atoms with E-state index in [0.717, 1.165) is 23.7 Å². The number of fused-ring (bicyclic) bond motifs is 1. The van der Waals surface area contributed by atoms with Crippen LogP contribution in [0.4, 0.5) is 0 Å². The van der Waals surface area contributed by atoms with Crippen LogP contribution in [0.3, 0.4) is 0 Å². The maximum atomic E-state index is 9.78. The SMILES string of the molecule is N#C/C(=C/c1cc(I)cc(I)c1OCC(Br)(Br)C(Br)Br)c1nc2ccccc2[nH]1. The fraction of sp³-hybridized carbons (Fsp3) is 0.158. The molecule has 0 radical (unpaired) electrons. The smallest absolute Gasteiger partial charge is 0.149 e. The molecule has 1 aromatic heterocycles. The zero-order chi connectivity index (χ0) is 21.2. The summed E-state index contributed by atoms with van der Waals surface area (Å²) < 4.78 is 7.60. The van der Waals surface area contributed by atoms with Gasteiger partial charge < -0.3 is 9.72 Å². The van der Waals surface area contributed by atoms with Crippen LogP contribution in [0, 0.1) is 18.5 Å². The summed E-state index contributed by atoms with van der Waals surface area (Å²) in [6.07, 6.45) is 1.81. The van der Waals surface area contributed by atoms with E-state index in [1.165, 1.54) is 0 Å². The number of hydrogen-bond donors (Lipinski definition) is 1. The van der Waals surface area contributed by atoms with Crippen molar-refractivity contribution in [3.63, 3.8) is 0 Å². The number of nitriles is 1. The first-order valence-electron chi connectivity index (χ1n) is 8.06. The van der Waals surface area contributed by atoms with Gasteiger partial charge in [-0.15, -0.1) is 0 Å². The number of H-pyrrole nitrogens is 1. The average Bonchev–Trinajstić information content (AvgIpc) is 3.08. The van der Waals surface area contributed by atoms with E-state index in [1.54, 1.807) is 6.08 Å². The molecule has 0 amide bonds. The van der Waals surface area contributed by atoms with Crippen molar-refractivity contribution >= 4 is 132 Å². The predicted octanol–water partition coefficient (Wildman–Crippen LogP) is 7.82. The number of aromatic nitrogens is 2. The van der Waals surface area contributed by atoms with E-state index in [9.17, 15) is 5.26 Å². The fourth-order valence-electron chi connectivity index (χ4n) is 2.46. The summed E-state index contributed by atoms with van der Waals surface area (Å²) in [7, 11) is 0. The number of para-hydroxylation sites is 2. The van der Waals surface area contributed by atoms with E-state index in [1.807, 2.05) is 36.4 Å². The molecule has 4 nitrogen and oxygen atoms in total. The lowest BCUT2D eigenvalue weighted by Gasteiger charge is -2.23. The van der Waals surface area contributed by atoms with Crippen LogP contribution < -0.4 is 4.74 Å². The molecule has 0 saturated carbocycles. The highest BCUT2D eigenvalue weighted by atomic mass is 127. The van der Waals surface area contributed by atoms with Gasteiger partial charge in [-0.05, 0) is 75.5 Å². The van der Waals surface area contributed by atoms with Crippen molar-refractivity contribution in [1.29, 1.82) is 5.26 Å². The summed E-state index contributed by atoms with van der Waals surface area (Å²) in [6, 6.07) is 14.0. The summed E-state index contributed by atoms with van der Waals surface area (Å²) in [4.78, 5) is 7.76. The summed E-state index contributed by atoms with van der Waals surface area (Å²) >= 11 is 18.7. The van der Waals surface area contributed by atoms with Gasteiger partial charge in [0.2, 0.25) is 0 Å². The van der Waals surface area contributed by atoms with Gasteiger partial charge in [0.1, 0.15) is 27.5 Å². The van der Waals surface area contributed by atoms with Gasteiger partial charge in [0, 0.05) is 9.13 Å². The first kappa shape index (κ1) is 24.0. The molecule has 0 bridgehead atoms. The van der Waals surface area contributed by atoms with Crippen LogP contribution in [0.5, 0.6) is 5.75 Å². The van der Waals surface area contributed by atoms with Gasteiger partial charge in [0.25, 0.3) is 0 Å². The Balaban J connectivity index is 2.03. The third-order valence-electron chi connectivity index (χ3n) is 3.83. The van der Waals surface area contributed by atoms with Crippen molar-refractivity contribution in [3.8, 4) is 11.8 Å². The average molecular weight is 871 g/mol. The Morgan fingerprint density at radius 3 is 2.66 bits per heavy atom. The largest absolute Gasteiger partial charge is 0.489 e. The Hall–Kier alpha value is 0.320. The first-order valence-corrected chi connectivity index (χ1v) is 13.6. The van der Waals surface area contributed by atoms with Gasteiger partial charge in [-0.3, -0.25) is 0 Å². The monoisotopic (exact) mass is 867 g/mol. The Labute approximate surface area is 229 Å². The zero-order valence-corrected chi connectivity index (χ0v) is 25.1. The molecule has 0 saturated heterocycles. The van der Waals surface area contributed by atoms with Crippen LogP contribution >= 0.6 is 109 Å². The second-order valence-electron chi connectivity index (χ2n) is 5.93. The molecule has 1 N–H and O–H groups in total. The first-order chi connectivity index (χ1) is 13.7. The number of halogens is 6. The van der Waals surface area contributed by atoms with Crippen molar-refractivity contribution in [3.05, 3.63) is 54.9 Å². The van der Waals surface area contributed by atoms with E-state index in [4.69, 9.17) is 4.74 Å². The Bertz CT molecular complexity index is 1090. The van der Waals surface area contributed by atoms with E-state index >= 15 is 0 Å². The highest BCUT2D eigenvalue weighted by Gasteiger charge is 2.31. The van der Waals surface area contributed by atoms with Gasteiger partial charge in [-0.2, -0.15) is 5.26 Å². The van der Waals surface area contributed by atoms with Crippen LogP contribution in [0.25, 0.3) is 22.7 Å². The molecule has 0 aliphatic carbocycles. The number of benzene rings is 2. The van der Waals surface area contributed by atoms with Crippen LogP contribution in [0.2, 0.25) is 0 Å². The minimum Gasteiger partial charge on any atom is -0.489 e. The molecule has 0 atom stereocenters. The Morgan fingerprint density at radius 2 is 2.00 bits per heavy atom. The van der Waals surface area contributed by atoms with Gasteiger partial charge in [0.05, 0.1) is 23.9 Å². The highest BCUT2D eigenvalue weighted by Crippen LogP contribution is 2.40. The van der Waals surface area contributed by atoms with E-state index in [-0.39, 0.29) is 3.74 Å². The zero-order valence-electron chi connectivity index (χ0n) is 14.4. The Morgan fingerprint density at radius 1 is 1.28 bits per heavy atom. The summed E-state index contributed by atoms with van der Waals surface area (Å²) in [5, 5.41) is 9.78. The van der Waals surface area contributed by atoms with Crippen molar-refractivity contribution in [2.75, 3.05) is 6.61 Å². The van der Waals surface area contributed by atoms with E-state index < -0.39 is 3.23 Å².